The number of allylic oxidation sites excluding steroid dienone is 1. The summed E-state index contributed by atoms with van der Waals surface area (Å²) in [5, 5.41) is 0. The van der Waals surface area contributed by atoms with E-state index in [2.05, 4.69) is 13.5 Å². The van der Waals surface area contributed by atoms with Crippen LogP contribution in [-0.2, 0) is 0 Å². The van der Waals surface area contributed by atoms with Gasteiger partial charge < -0.3 is 0 Å². The van der Waals surface area contributed by atoms with Crippen LogP contribution in [0.25, 0.3) is 0 Å². The molecule has 0 bridgehead atoms. The average molecular weight is 150 g/mol. The van der Waals surface area contributed by atoms with Gasteiger partial charge in [0.2, 0.25) is 0 Å². The molecule has 2 saturated carbocycles. The summed E-state index contributed by atoms with van der Waals surface area (Å²) in [6.45, 7) is 6.57. The lowest BCUT2D eigenvalue weighted by Gasteiger charge is -2.25. The number of hydrogen-bond acceptors (Lipinski definition) is 0. The lowest BCUT2D eigenvalue weighted by molar-refractivity contribution is 0.300. The average Bonchev–Trinajstić information content (AvgIpc) is 2.30. The highest BCUT2D eigenvalue weighted by Gasteiger charge is 2.36. The van der Waals surface area contributed by atoms with Crippen LogP contribution in [0.2, 0.25) is 0 Å². The molecule has 0 saturated heterocycles. The highest BCUT2D eigenvalue weighted by molar-refractivity contribution is 5.13. The first-order valence-electron chi connectivity index (χ1n) is 4.97. The van der Waals surface area contributed by atoms with E-state index in [4.69, 9.17) is 0 Å². The van der Waals surface area contributed by atoms with E-state index in [1.807, 2.05) is 0 Å². The van der Waals surface area contributed by atoms with Crippen LogP contribution in [0.15, 0.2) is 12.2 Å². The van der Waals surface area contributed by atoms with Gasteiger partial charge in [0.15, 0.2) is 0 Å². The summed E-state index contributed by atoms with van der Waals surface area (Å²) < 4.78 is 0. The fraction of sp³-hybridized carbons (Fsp3) is 0.818. The van der Waals surface area contributed by atoms with Crippen LogP contribution >= 0.6 is 0 Å². The van der Waals surface area contributed by atoms with Crippen molar-refractivity contribution in [1.82, 2.24) is 0 Å². The van der Waals surface area contributed by atoms with Gasteiger partial charge in [0.1, 0.15) is 0 Å². The fourth-order valence-corrected chi connectivity index (χ4v) is 2.95. The fourth-order valence-electron chi connectivity index (χ4n) is 2.95. The maximum absolute atomic E-state index is 4.22. The van der Waals surface area contributed by atoms with Crippen molar-refractivity contribution in [2.75, 3.05) is 0 Å². The Bertz CT molecular complexity index is 169. The van der Waals surface area contributed by atoms with E-state index in [0.717, 1.165) is 17.8 Å². The van der Waals surface area contributed by atoms with Crippen molar-refractivity contribution < 1.29 is 0 Å². The number of fused-ring (bicyclic) bond motifs is 1. The van der Waals surface area contributed by atoms with Crippen LogP contribution in [0.1, 0.15) is 39.0 Å². The van der Waals surface area contributed by atoms with Crippen molar-refractivity contribution >= 4 is 0 Å². The molecule has 0 aromatic heterocycles. The second kappa shape index (κ2) is 2.66. The molecular formula is C11H18. The van der Waals surface area contributed by atoms with Gasteiger partial charge in [-0.15, -0.1) is 0 Å². The quantitative estimate of drug-likeness (QED) is 0.464. The maximum Gasteiger partial charge on any atom is -0.0175 e. The lowest BCUT2D eigenvalue weighted by Crippen LogP contribution is -2.13. The molecule has 11 heavy (non-hydrogen) atoms. The molecule has 0 heterocycles. The topological polar surface area (TPSA) is 0 Å². The molecule has 0 nitrogen and oxygen atoms in total. The Morgan fingerprint density at radius 3 is 2.73 bits per heavy atom. The zero-order chi connectivity index (χ0) is 7.84. The van der Waals surface area contributed by atoms with Crippen LogP contribution in [0.4, 0.5) is 0 Å². The Hall–Kier alpha value is -0.260. The van der Waals surface area contributed by atoms with Crippen molar-refractivity contribution in [3.63, 3.8) is 0 Å². The van der Waals surface area contributed by atoms with Gasteiger partial charge in [0.05, 0.1) is 0 Å². The summed E-state index contributed by atoms with van der Waals surface area (Å²) in [7, 11) is 0. The molecule has 3 unspecified atom stereocenters. The molecule has 0 aliphatic heterocycles. The van der Waals surface area contributed by atoms with Crippen molar-refractivity contribution in [2.24, 2.45) is 17.8 Å². The molecule has 0 amide bonds. The van der Waals surface area contributed by atoms with Crippen LogP contribution in [0, 0.1) is 17.8 Å². The molecule has 0 radical (unpaired) electrons. The molecule has 2 aliphatic rings. The van der Waals surface area contributed by atoms with Gasteiger partial charge in [-0.3, -0.25) is 0 Å². The maximum atomic E-state index is 4.22. The standard InChI is InChI=1S/C11H18/c1-8-7-10-5-3-4-6-11(10)9(8)2/h8,10-11H,2-7H2,1H3. The van der Waals surface area contributed by atoms with Crippen LogP contribution < -0.4 is 0 Å². The molecule has 0 aromatic carbocycles. The summed E-state index contributed by atoms with van der Waals surface area (Å²) in [5.74, 6) is 2.76. The first-order valence-corrected chi connectivity index (χ1v) is 4.97. The third-order valence-corrected chi connectivity index (χ3v) is 3.67. The highest BCUT2D eigenvalue weighted by atomic mass is 14.4. The summed E-state index contributed by atoms with van der Waals surface area (Å²) in [5.41, 5.74) is 1.56. The Morgan fingerprint density at radius 2 is 2.00 bits per heavy atom. The Kier molecular flexibility index (Phi) is 1.78. The molecule has 62 valence electrons. The van der Waals surface area contributed by atoms with Gasteiger partial charge in [0, 0.05) is 0 Å². The Balaban J connectivity index is 2.11. The second-order valence-corrected chi connectivity index (χ2v) is 4.36. The number of rotatable bonds is 0. The molecule has 0 aromatic rings. The van der Waals surface area contributed by atoms with Gasteiger partial charge in [-0.2, -0.15) is 0 Å². The first kappa shape index (κ1) is 7.39. The summed E-state index contributed by atoms with van der Waals surface area (Å²) in [4.78, 5) is 0. The summed E-state index contributed by atoms with van der Waals surface area (Å²) >= 11 is 0. The molecule has 0 spiro atoms. The van der Waals surface area contributed by atoms with Crippen LogP contribution in [0.3, 0.4) is 0 Å². The van der Waals surface area contributed by atoms with Gasteiger partial charge >= 0.3 is 0 Å². The van der Waals surface area contributed by atoms with Gasteiger partial charge in [-0.1, -0.05) is 31.9 Å². The second-order valence-electron chi connectivity index (χ2n) is 4.36. The lowest BCUT2D eigenvalue weighted by atomic mass is 9.80. The van der Waals surface area contributed by atoms with Crippen LogP contribution in [0.5, 0.6) is 0 Å². The van der Waals surface area contributed by atoms with E-state index in [1.54, 1.807) is 5.57 Å². The summed E-state index contributed by atoms with van der Waals surface area (Å²) in [6.07, 6.45) is 7.28. The van der Waals surface area contributed by atoms with E-state index in [-0.39, 0.29) is 0 Å². The monoisotopic (exact) mass is 150 g/mol. The molecular weight excluding hydrogens is 132 g/mol. The molecule has 2 fully saturated rings. The largest absolute Gasteiger partial charge is 0.0993 e. The van der Waals surface area contributed by atoms with Crippen molar-refractivity contribution in [3.05, 3.63) is 12.2 Å². The van der Waals surface area contributed by atoms with E-state index in [9.17, 15) is 0 Å². The SMILES string of the molecule is C=C1C(C)CC2CCCCC12. The third kappa shape index (κ3) is 1.13. The van der Waals surface area contributed by atoms with Crippen molar-refractivity contribution in [2.45, 2.75) is 39.0 Å². The summed E-state index contributed by atoms with van der Waals surface area (Å²) in [6, 6.07) is 0. The predicted molar refractivity (Wildman–Crippen MR) is 48.4 cm³/mol. The molecule has 2 aliphatic carbocycles. The normalized spacial score (nSPS) is 44.1. The van der Waals surface area contributed by atoms with Gasteiger partial charge in [0.25, 0.3) is 0 Å². The van der Waals surface area contributed by atoms with Gasteiger partial charge in [-0.25, -0.2) is 0 Å². The van der Waals surface area contributed by atoms with Gasteiger partial charge in [-0.05, 0) is 37.0 Å². The van der Waals surface area contributed by atoms with E-state index < -0.39 is 0 Å². The van der Waals surface area contributed by atoms with E-state index in [1.165, 1.54) is 32.1 Å². The van der Waals surface area contributed by atoms with E-state index in [0.29, 0.717) is 0 Å². The van der Waals surface area contributed by atoms with Crippen molar-refractivity contribution in [1.29, 1.82) is 0 Å². The smallest absolute Gasteiger partial charge is 0.0175 e. The van der Waals surface area contributed by atoms with Crippen molar-refractivity contribution in [3.8, 4) is 0 Å². The third-order valence-electron chi connectivity index (χ3n) is 3.67. The Labute approximate surface area is 69.7 Å². The Morgan fingerprint density at radius 1 is 1.27 bits per heavy atom. The molecule has 2 rings (SSSR count). The highest BCUT2D eigenvalue weighted by Crippen LogP contribution is 2.47. The molecule has 0 N–H and O–H groups in total. The minimum Gasteiger partial charge on any atom is -0.0993 e. The molecule has 0 heteroatoms. The zero-order valence-corrected chi connectivity index (χ0v) is 7.47. The minimum absolute atomic E-state index is 0.822. The first-order chi connectivity index (χ1) is 5.29. The number of hydrogen-bond donors (Lipinski definition) is 0. The molecule has 3 atom stereocenters. The zero-order valence-electron chi connectivity index (χ0n) is 7.47. The van der Waals surface area contributed by atoms with E-state index >= 15 is 0 Å². The predicted octanol–water partition coefficient (Wildman–Crippen LogP) is 3.39. The minimum atomic E-state index is 0.822. The van der Waals surface area contributed by atoms with Crippen LogP contribution in [-0.4, -0.2) is 0 Å².